The van der Waals surface area contributed by atoms with Gasteiger partial charge in [-0.15, -0.1) is 21.5 Å². The number of likely N-dealkylation sites (tertiary alicyclic amines) is 2. The van der Waals surface area contributed by atoms with Crippen LogP contribution < -0.4 is 11.0 Å². The number of phenolic OH excluding ortho intramolecular Hbond substituents is 2. The number of carbonyl (C=O) groups excluding carboxylic acids is 1. The van der Waals surface area contributed by atoms with E-state index in [4.69, 9.17) is 16.6 Å². The van der Waals surface area contributed by atoms with E-state index in [1.54, 1.807) is 17.4 Å². The van der Waals surface area contributed by atoms with Crippen LogP contribution in [0.2, 0.25) is 5.02 Å². The van der Waals surface area contributed by atoms with Gasteiger partial charge in [0, 0.05) is 52.6 Å². The summed E-state index contributed by atoms with van der Waals surface area (Å²) in [6.07, 6.45) is 5.00. The maximum absolute atomic E-state index is 13.7. The van der Waals surface area contributed by atoms with E-state index in [0.29, 0.717) is 40.1 Å². The first-order chi connectivity index (χ1) is 31.0. The summed E-state index contributed by atoms with van der Waals surface area (Å²) in [5, 5.41) is 42.2. The summed E-state index contributed by atoms with van der Waals surface area (Å²) in [4.78, 5) is 37.7. The summed E-state index contributed by atoms with van der Waals surface area (Å²) in [6, 6.07) is 18.5. The molecule has 0 radical (unpaired) electrons. The Balaban J connectivity index is 0.747. The summed E-state index contributed by atoms with van der Waals surface area (Å²) in [7, 11) is 0. The van der Waals surface area contributed by atoms with E-state index >= 15 is 0 Å². The van der Waals surface area contributed by atoms with E-state index in [1.807, 2.05) is 50.2 Å². The fourth-order valence-electron chi connectivity index (χ4n) is 9.50. The Morgan fingerprint density at radius 3 is 2.38 bits per heavy atom. The quantitative estimate of drug-likeness (QED) is 0.0912. The Morgan fingerprint density at radius 1 is 0.922 bits per heavy atom. The van der Waals surface area contributed by atoms with Gasteiger partial charge in [0.15, 0.2) is 11.6 Å². The number of halogens is 1. The van der Waals surface area contributed by atoms with Crippen LogP contribution in [-0.4, -0.2) is 100 Å². The minimum absolute atomic E-state index is 0.000528. The van der Waals surface area contributed by atoms with Crippen molar-refractivity contribution in [3.63, 3.8) is 0 Å². The molecule has 3 aliphatic heterocycles. The van der Waals surface area contributed by atoms with Gasteiger partial charge in [0.2, 0.25) is 5.91 Å². The number of fused-ring (bicyclic) bond motifs is 3. The summed E-state index contributed by atoms with van der Waals surface area (Å²) < 4.78 is 3.63. The number of aromatic nitrogens is 6. The van der Waals surface area contributed by atoms with Crippen LogP contribution in [0.5, 0.6) is 11.5 Å². The Kier molecular flexibility index (Phi) is 12.6. The van der Waals surface area contributed by atoms with Crippen LogP contribution in [0.1, 0.15) is 89.4 Å². The van der Waals surface area contributed by atoms with E-state index in [0.717, 1.165) is 117 Å². The van der Waals surface area contributed by atoms with Gasteiger partial charge in [-0.2, -0.15) is 5.10 Å². The third kappa shape index (κ3) is 8.65. The fraction of sp³-hybridized carbons (Fsp3) is 0.417. The number of piperidine rings is 2. The molecule has 6 heterocycles. The number of rotatable bonds is 12. The van der Waals surface area contributed by atoms with Crippen LogP contribution in [0.25, 0.3) is 22.1 Å². The number of carbonyl (C=O) groups is 1. The number of hydrogen-bond acceptors (Lipinski definition) is 11. The van der Waals surface area contributed by atoms with Crippen LogP contribution in [0.3, 0.4) is 0 Å². The molecule has 14 nitrogen and oxygen atoms in total. The number of aromatic hydroxyl groups is 2. The van der Waals surface area contributed by atoms with Crippen molar-refractivity contribution in [3.05, 3.63) is 121 Å². The van der Waals surface area contributed by atoms with Crippen LogP contribution in [0, 0.1) is 32.6 Å². The predicted molar refractivity (Wildman–Crippen MR) is 250 cm³/mol. The molecule has 3 aliphatic rings. The lowest BCUT2D eigenvalue weighted by Crippen LogP contribution is -2.46. The summed E-state index contributed by atoms with van der Waals surface area (Å²) in [5.41, 5.74) is 6.68. The number of aromatic amines is 1. The lowest BCUT2D eigenvalue weighted by Gasteiger charge is -2.37. The number of aliphatic imine (C=N–C) groups is 1. The number of thiophene rings is 1. The van der Waals surface area contributed by atoms with Crippen molar-refractivity contribution < 1.29 is 15.0 Å². The van der Waals surface area contributed by atoms with Gasteiger partial charge < -0.3 is 20.4 Å². The van der Waals surface area contributed by atoms with Gasteiger partial charge in [-0.1, -0.05) is 42.8 Å². The fourth-order valence-corrected chi connectivity index (χ4v) is 10.8. The normalized spacial score (nSPS) is 17.3. The number of benzene rings is 3. The van der Waals surface area contributed by atoms with Crippen molar-refractivity contribution in [1.29, 1.82) is 0 Å². The molecule has 0 bridgehead atoms. The molecule has 16 heteroatoms. The molecule has 6 aromatic rings. The minimum atomic E-state index is -0.423. The zero-order valence-electron chi connectivity index (χ0n) is 36.8. The van der Waals surface area contributed by atoms with Crippen molar-refractivity contribution in [1.82, 2.24) is 44.6 Å². The van der Waals surface area contributed by atoms with Gasteiger partial charge in [-0.05, 0) is 138 Å². The number of nitrogens with zero attached hydrogens (tertiary/aromatic N) is 8. The van der Waals surface area contributed by atoms with E-state index in [1.165, 1.54) is 21.1 Å². The molecule has 0 spiro atoms. The highest BCUT2D eigenvalue weighted by Gasteiger charge is 2.33. The molecule has 4 N–H and O–H groups in total. The van der Waals surface area contributed by atoms with Crippen LogP contribution in [0.4, 0.5) is 0 Å². The van der Waals surface area contributed by atoms with Crippen LogP contribution in [-0.2, 0) is 17.8 Å². The topological polar surface area (TPSA) is 170 Å². The molecule has 0 aliphatic carbocycles. The molecule has 2 saturated heterocycles. The molecule has 2 fully saturated rings. The molecule has 1 atom stereocenters. The van der Waals surface area contributed by atoms with Crippen molar-refractivity contribution in [2.24, 2.45) is 16.8 Å². The Bertz CT molecular complexity index is 2740. The van der Waals surface area contributed by atoms with Gasteiger partial charge in [0.1, 0.15) is 28.4 Å². The van der Waals surface area contributed by atoms with E-state index in [-0.39, 0.29) is 29.3 Å². The average Bonchev–Trinajstić information content (AvgIpc) is 3.94. The SMILES string of the molecule is CCc1cc(-c2n[nH]c(=O)n2-c2ccc(CN3CCC(C(=O)N4CCC(CNCC[C@@H]5N=C(c6ccc(Cl)cc6)c6c(sc(C)c6C)-n6c(C)nnc65)CC4)CC3)cc2)c(O)cc1O. The molecule has 0 saturated carbocycles. The standard InChI is InChI=1S/C48H55ClN10O4S/c1-5-33-24-38(41(61)25-40(33)60)44-53-55-48(63)59(44)37-12-6-32(7-13-37)27-56-20-17-35(18-21-56)46(62)57-22-15-31(16-23-57)26-50-19-14-39-45-54-52-30(4)58(45)47-42(28(2)29(3)64-47)43(51-39)34-8-10-36(49)11-9-34/h6-13,24-25,31,35,39,50,60-61H,5,14-23,26-27H2,1-4H3,(H,55,63)/t39-/m0/s1. The molecule has 9 rings (SSSR count). The summed E-state index contributed by atoms with van der Waals surface area (Å²) >= 11 is 8.06. The first-order valence-corrected chi connectivity index (χ1v) is 23.6. The largest absolute Gasteiger partial charge is 0.508 e. The Morgan fingerprint density at radius 2 is 1.66 bits per heavy atom. The first-order valence-electron chi connectivity index (χ1n) is 22.4. The van der Waals surface area contributed by atoms with Gasteiger partial charge in [-0.25, -0.2) is 14.5 Å². The number of phenols is 2. The number of H-pyrrole nitrogens is 1. The number of hydrogen-bond donors (Lipinski definition) is 4. The highest BCUT2D eigenvalue weighted by Crippen LogP contribution is 2.40. The van der Waals surface area contributed by atoms with Crippen LogP contribution >= 0.6 is 22.9 Å². The third-order valence-corrected chi connectivity index (χ3v) is 14.8. The molecule has 3 aromatic carbocycles. The van der Waals surface area contributed by atoms with E-state index in [2.05, 4.69) is 66.1 Å². The molecular formula is C48H55ClN10O4S. The summed E-state index contributed by atoms with van der Waals surface area (Å²) in [5.74, 6) is 2.70. The van der Waals surface area contributed by atoms with Crippen LogP contribution in [0.15, 0.2) is 70.5 Å². The highest BCUT2D eigenvalue weighted by molar-refractivity contribution is 7.15. The average molecular weight is 904 g/mol. The highest BCUT2D eigenvalue weighted by atomic mass is 35.5. The molecule has 1 amide bonds. The molecule has 334 valence electrons. The zero-order valence-corrected chi connectivity index (χ0v) is 38.3. The third-order valence-electron chi connectivity index (χ3n) is 13.3. The molecule has 0 unspecified atom stereocenters. The minimum Gasteiger partial charge on any atom is -0.508 e. The van der Waals surface area contributed by atoms with E-state index < -0.39 is 5.69 Å². The first kappa shape index (κ1) is 43.6. The molecule has 3 aromatic heterocycles. The molecule has 64 heavy (non-hydrogen) atoms. The van der Waals surface area contributed by atoms with Crippen molar-refractivity contribution in [2.75, 3.05) is 39.3 Å². The second-order valence-electron chi connectivity index (χ2n) is 17.4. The second-order valence-corrected chi connectivity index (χ2v) is 19.1. The summed E-state index contributed by atoms with van der Waals surface area (Å²) in [6.45, 7) is 14.0. The Labute approximate surface area is 381 Å². The number of amides is 1. The van der Waals surface area contributed by atoms with Gasteiger partial charge in [0.05, 0.1) is 17.0 Å². The predicted octanol–water partition coefficient (Wildman–Crippen LogP) is 7.44. The smallest absolute Gasteiger partial charge is 0.348 e. The monoisotopic (exact) mass is 902 g/mol. The van der Waals surface area contributed by atoms with Crippen molar-refractivity contribution in [2.45, 2.75) is 78.8 Å². The van der Waals surface area contributed by atoms with Crippen molar-refractivity contribution in [3.8, 4) is 33.6 Å². The van der Waals surface area contributed by atoms with Crippen molar-refractivity contribution >= 4 is 34.6 Å². The number of aryl methyl sites for hydroxylation is 3. The van der Waals surface area contributed by atoms with E-state index in [9.17, 15) is 19.8 Å². The lowest BCUT2D eigenvalue weighted by molar-refractivity contribution is -0.138. The maximum Gasteiger partial charge on any atom is 0.348 e. The van der Waals surface area contributed by atoms with Gasteiger partial charge >= 0.3 is 5.69 Å². The van der Waals surface area contributed by atoms with Gasteiger partial charge in [0.25, 0.3) is 0 Å². The lowest BCUT2D eigenvalue weighted by atomic mass is 9.92. The zero-order chi connectivity index (χ0) is 44.6. The maximum atomic E-state index is 13.7. The second kappa shape index (κ2) is 18.5. The number of nitrogens with one attached hydrogen (secondary N) is 2. The Hall–Kier alpha value is -5.61. The van der Waals surface area contributed by atoms with Gasteiger partial charge in [-0.3, -0.25) is 19.3 Å². The molecular weight excluding hydrogens is 848 g/mol.